The summed E-state index contributed by atoms with van der Waals surface area (Å²) in [6, 6.07) is 5.49. The Kier molecular flexibility index (Phi) is 6.06. The number of carbonyl (C=O) groups excluding carboxylic acids is 1. The van der Waals surface area contributed by atoms with Crippen molar-refractivity contribution >= 4 is 5.78 Å². The van der Waals surface area contributed by atoms with Crippen molar-refractivity contribution in [1.82, 2.24) is 0 Å². The second-order valence-electron chi connectivity index (χ2n) is 3.07. The largest absolute Gasteiger partial charge is 0.493 e. The van der Waals surface area contributed by atoms with E-state index in [1.807, 2.05) is 12.1 Å². The van der Waals surface area contributed by atoms with Gasteiger partial charge in [-0.05, 0) is 24.6 Å². The van der Waals surface area contributed by atoms with Crippen molar-refractivity contribution in [2.45, 2.75) is 13.3 Å². The topological polar surface area (TPSA) is 35.5 Å². The molecule has 3 nitrogen and oxygen atoms in total. The van der Waals surface area contributed by atoms with Gasteiger partial charge in [0, 0.05) is 23.5 Å². The minimum atomic E-state index is 0. The van der Waals surface area contributed by atoms with E-state index in [-0.39, 0.29) is 22.9 Å². The molecule has 0 fully saturated rings. The fourth-order valence-electron chi connectivity index (χ4n) is 1.28. The number of Topliss-reactive ketones (excluding diaryl/α,β-unsaturated/α-hetero) is 1. The molecule has 1 aromatic rings. The Labute approximate surface area is 100 Å². The normalized spacial score (nSPS) is 9.00. The van der Waals surface area contributed by atoms with Crippen LogP contribution in [0, 0.1) is 0 Å². The molecule has 0 aromatic heterocycles. The maximum absolute atomic E-state index is 10.9. The first kappa shape index (κ1) is 14.0. The molecule has 0 saturated heterocycles. The molecule has 0 aliphatic heterocycles. The van der Waals surface area contributed by atoms with Gasteiger partial charge in [0.15, 0.2) is 11.5 Å². The number of hydrogen-bond donors (Lipinski definition) is 0. The molecule has 0 heterocycles. The summed E-state index contributed by atoms with van der Waals surface area (Å²) < 4.78 is 10.2. The van der Waals surface area contributed by atoms with E-state index in [2.05, 4.69) is 0 Å². The van der Waals surface area contributed by atoms with Crippen LogP contribution in [0.3, 0.4) is 0 Å². The van der Waals surface area contributed by atoms with Crippen molar-refractivity contribution in [3.05, 3.63) is 23.8 Å². The average molecular weight is 250 g/mol. The van der Waals surface area contributed by atoms with Crippen molar-refractivity contribution in [3.63, 3.8) is 0 Å². The van der Waals surface area contributed by atoms with Gasteiger partial charge in [0.2, 0.25) is 0 Å². The van der Waals surface area contributed by atoms with Crippen molar-refractivity contribution in [1.29, 1.82) is 0 Å². The van der Waals surface area contributed by atoms with Crippen LogP contribution in [0.1, 0.15) is 12.5 Å². The molecule has 0 amide bonds. The van der Waals surface area contributed by atoms with Gasteiger partial charge < -0.3 is 9.47 Å². The molecule has 84 valence electrons. The number of methoxy groups -OCH3 is 2. The van der Waals surface area contributed by atoms with Crippen LogP contribution in [-0.2, 0) is 28.3 Å². The van der Waals surface area contributed by atoms with Crippen LogP contribution in [0.15, 0.2) is 18.2 Å². The molecule has 0 unspecified atom stereocenters. The van der Waals surface area contributed by atoms with Crippen LogP contribution in [0.5, 0.6) is 11.5 Å². The second kappa shape index (κ2) is 6.49. The first-order valence-corrected chi connectivity index (χ1v) is 4.37. The van der Waals surface area contributed by atoms with Crippen LogP contribution < -0.4 is 9.47 Å². The predicted octanol–water partition coefficient (Wildman–Crippen LogP) is 1.83. The van der Waals surface area contributed by atoms with E-state index in [1.165, 1.54) is 0 Å². The van der Waals surface area contributed by atoms with Crippen LogP contribution in [-0.4, -0.2) is 20.0 Å². The van der Waals surface area contributed by atoms with Gasteiger partial charge in [0.25, 0.3) is 0 Å². The van der Waals surface area contributed by atoms with E-state index < -0.39 is 0 Å². The quantitative estimate of drug-likeness (QED) is 0.765. The minimum Gasteiger partial charge on any atom is -0.493 e. The molecule has 0 bridgehead atoms. The number of hydrogen-bond acceptors (Lipinski definition) is 3. The zero-order chi connectivity index (χ0) is 10.6. The third-order valence-electron chi connectivity index (χ3n) is 1.90. The van der Waals surface area contributed by atoms with E-state index in [0.717, 1.165) is 5.56 Å². The van der Waals surface area contributed by atoms with Crippen LogP contribution in [0.2, 0.25) is 0 Å². The van der Waals surface area contributed by atoms with Crippen LogP contribution >= 0.6 is 0 Å². The molecular weight excluding hydrogens is 236 g/mol. The number of carbonyl (C=O) groups is 1. The second-order valence-corrected chi connectivity index (χ2v) is 3.07. The van der Waals surface area contributed by atoms with Crippen LogP contribution in [0.4, 0.5) is 0 Å². The van der Waals surface area contributed by atoms with Crippen molar-refractivity contribution in [2.24, 2.45) is 0 Å². The SMILES string of the molecule is COc1ccc(CC(C)=O)cc1OC.[Fe]. The minimum absolute atomic E-state index is 0. The first-order chi connectivity index (χ1) is 6.67. The van der Waals surface area contributed by atoms with Gasteiger partial charge in [-0.1, -0.05) is 6.07 Å². The molecule has 0 aliphatic rings. The Morgan fingerprint density at radius 3 is 2.27 bits per heavy atom. The Bertz CT molecular complexity index is 337. The Hall–Kier alpha value is -0.991. The summed E-state index contributed by atoms with van der Waals surface area (Å²) in [5, 5.41) is 0. The van der Waals surface area contributed by atoms with Gasteiger partial charge >= 0.3 is 0 Å². The molecule has 0 aliphatic carbocycles. The molecule has 1 aromatic carbocycles. The van der Waals surface area contributed by atoms with E-state index in [4.69, 9.17) is 9.47 Å². The maximum Gasteiger partial charge on any atom is 0.161 e. The number of ether oxygens (including phenoxy) is 2. The summed E-state index contributed by atoms with van der Waals surface area (Å²) >= 11 is 0. The summed E-state index contributed by atoms with van der Waals surface area (Å²) in [5.41, 5.74) is 0.940. The van der Waals surface area contributed by atoms with Crippen LogP contribution in [0.25, 0.3) is 0 Å². The van der Waals surface area contributed by atoms with Crippen molar-refractivity contribution in [2.75, 3.05) is 14.2 Å². The zero-order valence-electron chi connectivity index (χ0n) is 9.02. The summed E-state index contributed by atoms with van der Waals surface area (Å²) in [4.78, 5) is 10.9. The average Bonchev–Trinajstić information content (AvgIpc) is 2.16. The molecule has 0 radical (unpaired) electrons. The number of benzene rings is 1. The summed E-state index contributed by atoms with van der Waals surface area (Å²) in [6.07, 6.45) is 0.431. The third kappa shape index (κ3) is 3.94. The van der Waals surface area contributed by atoms with E-state index in [0.29, 0.717) is 17.9 Å². The van der Waals surface area contributed by atoms with Gasteiger partial charge in [-0.2, -0.15) is 0 Å². The van der Waals surface area contributed by atoms with E-state index in [9.17, 15) is 4.79 Å². The monoisotopic (exact) mass is 250 g/mol. The van der Waals surface area contributed by atoms with E-state index >= 15 is 0 Å². The van der Waals surface area contributed by atoms with Gasteiger partial charge in [-0.3, -0.25) is 4.79 Å². The maximum atomic E-state index is 10.9. The molecule has 0 spiro atoms. The first-order valence-electron chi connectivity index (χ1n) is 4.37. The van der Waals surface area contributed by atoms with E-state index in [1.54, 1.807) is 27.2 Å². The standard InChI is InChI=1S/C11H14O3.Fe/c1-8(12)6-9-4-5-10(13-2)11(7-9)14-3;/h4-5,7H,6H2,1-3H3;. The predicted molar refractivity (Wildman–Crippen MR) is 53.9 cm³/mol. The molecule has 0 saturated carbocycles. The van der Waals surface area contributed by atoms with Gasteiger partial charge in [-0.25, -0.2) is 0 Å². The zero-order valence-corrected chi connectivity index (χ0v) is 10.1. The number of ketones is 1. The third-order valence-corrected chi connectivity index (χ3v) is 1.90. The fraction of sp³-hybridized carbons (Fsp3) is 0.364. The van der Waals surface area contributed by atoms with Gasteiger partial charge in [-0.15, -0.1) is 0 Å². The summed E-state index contributed by atoms with van der Waals surface area (Å²) in [6.45, 7) is 1.57. The fourth-order valence-corrected chi connectivity index (χ4v) is 1.28. The van der Waals surface area contributed by atoms with Crippen molar-refractivity contribution in [3.8, 4) is 11.5 Å². The Balaban J connectivity index is 0.00000196. The summed E-state index contributed by atoms with van der Waals surface area (Å²) in [5.74, 6) is 1.48. The Morgan fingerprint density at radius 2 is 1.80 bits per heavy atom. The molecule has 0 atom stereocenters. The molecule has 1 rings (SSSR count). The molecular formula is C11H14FeO3. The Morgan fingerprint density at radius 1 is 1.20 bits per heavy atom. The van der Waals surface area contributed by atoms with Gasteiger partial charge in [0.1, 0.15) is 5.78 Å². The molecule has 0 N–H and O–H groups in total. The number of rotatable bonds is 4. The smallest absolute Gasteiger partial charge is 0.161 e. The van der Waals surface area contributed by atoms with Gasteiger partial charge in [0.05, 0.1) is 14.2 Å². The molecule has 15 heavy (non-hydrogen) atoms. The summed E-state index contributed by atoms with van der Waals surface area (Å²) in [7, 11) is 3.16. The molecule has 4 heteroatoms. The van der Waals surface area contributed by atoms with Crippen molar-refractivity contribution < 1.29 is 31.3 Å².